The van der Waals surface area contributed by atoms with Crippen molar-refractivity contribution in [3.63, 3.8) is 0 Å². The van der Waals surface area contributed by atoms with Gasteiger partial charge < -0.3 is 5.32 Å². The molecule has 1 heterocycles. The van der Waals surface area contributed by atoms with E-state index in [-0.39, 0.29) is 17.9 Å². The molecular formula is C15H20FN3O. The van der Waals surface area contributed by atoms with Gasteiger partial charge in [0.25, 0.3) is 0 Å². The van der Waals surface area contributed by atoms with Gasteiger partial charge in [-0.05, 0) is 43.9 Å². The molecule has 0 aromatic heterocycles. The molecule has 2 unspecified atom stereocenters. The van der Waals surface area contributed by atoms with Crippen LogP contribution >= 0.6 is 0 Å². The van der Waals surface area contributed by atoms with Gasteiger partial charge in [-0.2, -0.15) is 0 Å². The molecule has 1 aromatic rings. The summed E-state index contributed by atoms with van der Waals surface area (Å²) in [6.07, 6.45) is 3.39. The highest BCUT2D eigenvalue weighted by Crippen LogP contribution is 2.44. The molecule has 108 valence electrons. The molecule has 3 N–H and O–H groups in total. The topological polar surface area (TPSA) is 53.2 Å². The largest absolute Gasteiger partial charge is 0.339 e. The fourth-order valence-corrected chi connectivity index (χ4v) is 3.07. The van der Waals surface area contributed by atoms with Gasteiger partial charge in [0.1, 0.15) is 5.82 Å². The van der Waals surface area contributed by atoms with E-state index in [1.165, 1.54) is 12.1 Å². The number of rotatable bonds is 3. The van der Waals surface area contributed by atoms with Crippen molar-refractivity contribution in [1.29, 1.82) is 0 Å². The van der Waals surface area contributed by atoms with Gasteiger partial charge in [0.2, 0.25) is 5.91 Å². The monoisotopic (exact) mass is 277 g/mol. The Balaban J connectivity index is 1.77. The van der Waals surface area contributed by atoms with Crippen LogP contribution in [-0.2, 0) is 10.2 Å². The van der Waals surface area contributed by atoms with E-state index in [1.54, 1.807) is 6.07 Å². The van der Waals surface area contributed by atoms with Gasteiger partial charge in [-0.15, -0.1) is 0 Å². The van der Waals surface area contributed by atoms with E-state index in [9.17, 15) is 9.18 Å². The molecule has 0 spiro atoms. The minimum Gasteiger partial charge on any atom is -0.339 e. The first kappa shape index (κ1) is 13.5. The molecule has 2 fully saturated rings. The Bertz CT molecular complexity index is 516. The summed E-state index contributed by atoms with van der Waals surface area (Å²) in [5.41, 5.74) is 6.40. The molecule has 1 amide bonds. The molecule has 0 radical (unpaired) electrons. The number of halogens is 1. The molecule has 1 aromatic carbocycles. The smallest absolute Gasteiger partial charge is 0.231 e. The zero-order valence-electron chi connectivity index (χ0n) is 11.6. The van der Waals surface area contributed by atoms with E-state index in [0.717, 1.165) is 31.2 Å². The van der Waals surface area contributed by atoms with Crippen LogP contribution in [0.2, 0.25) is 0 Å². The van der Waals surface area contributed by atoms with Crippen LogP contribution in [0.3, 0.4) is 0 Å². The molecule has 5 heteroatoms. The standard InChI is InChI=1S/C15H20FN3O/c1-10-8-13(19-18-10)17-14(20)15(6-3-7-15)11-4-2-5-12(16)9-11/h2,4-5,9-10,13,18-19H,3,6-8H2,1H3,(H,17,20). The molecule has 4 nitrogen and oxygen atoms in total. The summed E-state index contributed by atoms with van der Waals surface area (Å²) < 4.78 is 13.4. The number of benzene rings is 1. The van der Waals surface area contributed by atoms with Crippen LogP contribution in [0.1, 0.15) is 38.2 Å². The highest BCUT2D eigenvalue weighted by Gasteiger charge is 2.46. The molecule has 3 rings (SSSR count). The number of carbonyl (C=O) groups is 1. The lowest BCUT2D eigenvalue weighted by Crippen LogP contribution is -2.54. The van der Waals surface area contributed by atoms with Crippen molar-refractivity contribution in [2.75, 3.05) is 0 Å². The fourth-order valence-electron chi connectivity index (χ4n) is 3.07. The van der Waals surface area contributed by atoms with Gasteiger partial charge in [0.15, 0.2) is 0 Å². The number of nitrogens with one attached hydrogen (secondary N) is 3. The van der Waals surface area contributed by atoms with Gasteiger partial charge >= 0.3 is 0 Å². The molecule has 1 saturated heterocycles. The predicted molar refractivity (Wildman–Crippen MR) is 74.2 cm³/mol. The first-order valence-corrected chi connectivity index (χ1v) is 7.18. The molecular weight excluding hydrogens is 257 g/mol. The SMILES string of the molecule is CC1CC(NC(=O)C2(c3cccc(F)c3)CCC2)NN1. The van der Waals surface area contributed by atoms with E-state index in [2.05, 4.69) is 23.1 Å². The normalized spacial score (nSPS) is 27.9. The number of hydrazine groups is 1. The summed E-state index contributed by atoms with van der Waals surface area (Å²) in [6, 6.07) is 6.77. The van der Waals surface area contributed by atoms with Gasteiger partial charge in [-0.3, -0.25) is 10.2 Å². The Morgan fingerprint density at radius 3 is 2.75 bits per heavy atom. The van der Waals surface area contributed by atoms with E-state index >= 15 is 0 Å². The second-order valence-electron chi connectivity index (χ2n) is 5.90. The van der Waals surface area contributed by atoms with Gasteiger partial charge in [-0.1, -0.05) is 18.6 Å². The average molecular weight is 277 g/mol. The Morgan fingerprint density at radius 1 is 1.40 bits per heavy atom. The zero-order chi connectivity index (χ0) is 14.2. The number of amides is 1. The molecule has 1 aliphatic heterocycles. The lowest BCUT2D eigenvalue weighted by atomic mass is 9.63. The number of hydrogen-bond acceptors (Lipinski definition) is 3. The zero-order valence-corrected chi connectivity index (χ0v) is 11.6. The van der Waals surface area contributed by atoms with E-state index in [0.29, 0.717) is 6.04 Å². The Kier molecular flexibility index (Phi) is 3.48. The molecule has 0 bridgehead atoms. The van der Waals surface area contributed by atoms with Crippen LogP contribution in [0.15, 0.2) is 24.3 Å². The van der Waals surface area contributed by atoms with Crippen LogP contribution in [-0.4, -0.2) is 18.1 Å². The van der Waals surface area contributed by atoms with Crippen molar-refractivity contribution in [2.24, 2.45) is 0 Å². The second-order valence-corrected chi connectivity index (χ2v) is 5.90. The number of carbonyl (C=O) groups excluding carboxylic acids is 1. The van der Waals surface area contributed by atoms with Gasteiger partial charge in [0, 0.05) is 6.04 Å². The van der Waals surface area contributed by atoms with E-state index in [4.69, 9.17) is 0 Å². The average Bonchev–Trinajstić information content (AvgIpc) is 2.73. The van der Waals surface area contributed by atoms with Crippen LogP contribution in [0.4, 0.5) is 4.39 Å². The van der Waals surface area contributed by atoms with Crippen molar-refractivity contribution in [2.45, 2.75) is 50.2 Å². The van der Waals surface area contributed by atoms with Crippen molar-refractivity contribution in [3.05, 3.63) is 35.6 Å². The third kappa shape index (κ3) is 2.31. The molecule has 1 aliphatic carbocycles. The quantitative estimate of drug-likeness (QED) is 0.786. The van der Waals surface area contributed by atoms with Crippen LogP contribution in [0.5, 0.6) is 0 Å². The maximum absolute atomic E-state index is 13.4. The third-order valence-corrected chi connectivity index (χ3v) is 4.42. The maximum atomic E-state index is 13.4. The third-order valence-electron chi connectivity index (χ3n) is 4.42. The minimum absolute atomic E-state index is 0.00255. The molecule has 2 atom stereocenters. The lowest BCUT2D eigenvalue weighted by Gasteiger charge is -2.41. The van der Waals surface area contributed by atoms with Crippen molar-refractivity contribution in [1.82, 2.24) is 16.2 Å². The highest BCUT2D eigenvalue weighted by molar-refractivity contribution is 5.89. The Morgan fingerprint density at radius 2 is 2.20 bits per heavy atom. The summed E-state index contributed by atoms with van der Waals surface area (Å²) in [4.78, 5) is 12.6. The van der Waals surface area contributed by atoms with Crippen LogP contribution in [0.25, 0.3) is 0 Å². The van der Waals surface area contributed by atoms with Gasteiger partial charge in [0.05, 0.1) is 11.6 Å². The summed E-state index contributed by atoms with van der Waals surface area (Å²) in [5, 5.41) is 3.03. The predicted octanol–water partition coefficient (Wildman–Crippen LogP) is 1.58. The fraction of sp³-hybridized carbons (Fsp3) is 0.533. The summed E-state index contributed by atoms with van der Waals surface area (Å²) in [7, 11) is 0. The van der Waals surface area contributed by atoms with Crippen LogP contribution in [0, 0.1) is 5.82 Å². The highest BCUT2D eigenvalue weighted by atomic mass is 19.1. The van der Waals surface area contributed by atoms with Crippen molar-refractivity contribution in [3.8, 4) is 0 Å². The van der Waals surface area contributed by atoms with Crippen LogP contribution < -0.4 is 16.2 Å². The second kappa shape index (κ2) is 5.14. The van der Waals surface area contributed by atoms with E-state index in [1.807, 2.05) is 6.07 Å². The Hall–Kier alpha value is -1.46. The molecule has 2 aliphatic rings. The van der Waals surface area contributed by atoms with Crippen molar-refractivity contribution >= 4 is 5.91 Å². The van der Waals surface area contributed by atoms with Crippen molar-refractivity contribution < 1.29 is 9.18 Å². The van der Waals surface area contributed by atoms with Gasteiger partial charge in [-0.25, -0.2) is 9.82 Å². The molecule has 1 saturated carbocycles. The summed E-state index contributed by atoms with van der Waals surface area (Å²) in [6.45, 7) is 2.06. The minimum atomic E-state index is -0.546. The first-order chi connectivity index (χ1) is 9.60. The lowest BCUT2D eigenvalue weighted by molar-refractivity contribution is -0.130. The summed E-state index contributed by atoms with van der Waals surface area (Å²) in [5.74, 6) is -0.279. The summed E-state index contributed by atoms with van der Waals surface area (Å²) >= 11 is 0. The Labute approximate surface area is 118 Å². The van der Waals surface area contributed by atoms with E-state index < -0.39 is 5.41 Å². The first-order valence-electron chi connectivity index (χ1n) is 7.18. The molecule has 20 heavy (non-hydrogen) atoms. The number of hydrogen-bond donors (Lipinski definition) is 3. The maximum Gasteiger partial charge on any atom is 0.231 e.